The summed E-state index contributed by atoms with van der Waals surface area (Å²) in [4.78, 5) is 14.7. The largest absolute Gasteiger partial charge is 0.508 e. The van der Waals surface area contributed by atoms with Gasteiger partial charge in [-0.05, 0) is 124 Å². The summed E-state index contributed by atoms with van der Waals surface area (Å²) in [5.74, 6) is 1.84. The molecule has 0 saturated heterocycles. The number of fused-ring (bicyclic) bond motifs is 1. The van der Waals surface area contributed by atoms with Gasteiger partial charge in [-0.1, -0.05) is 0 Å². The highest BCUT2D eigenvalue weighted by atomic mass is 32.1. The second-order valence-corrected chi connectivity index (χ2v) is 11.0. The third kappa shape index (κ3) is 4.72. The quantitative estimate of drug-likeness (QED) is 0.261. The molecule has 4 nitrogen and oxygen atoms in total. The molecular formula is C31H30O4S. The fourth-order valence-electron chi connectivity index (χ4n) is 5.42. The average molecular weight is 499 g/mol. The highest BCUT2D eigenvalue weighted by molar-refractivity contribution is 7.22. The molecule has 2 aliphatic rings. The van der Waals surface area contributed by atoms with Gasteiger partial charge in [-0.25, -0.2) is 0 Å². The second kappa shape index (κ2) is 9.98. The standard InChI is InChI=1S/C31H30O4S/c32-22-13-9-20(10-14-22)30(33)29-27-18-17-26(35-24-7-3-4-8-24)19-28(27)36-31(29)21-11-15-25(16-12-21)34-23-5-1-2-6-23/h9-19,23-24,32H,1-8H2. The van der Waals surface area contributed by atoms with E-state index in [4.69, 9.17) is 9.47 Å². The van der Waals surface area contributed by atoms with Crippen molar-refractivity contribution < 1.29 is 19.4 Å². The van der Waals surface area contributed by atoms with Gasteiger partial charge in [-0.15, -0.1) is 11.3 Å². The van der Waals surface area contributed by atoms with Crippen LogP contribution in [0.15, 0.2) is 66.7 Å². The van der Waals surface area contributed by atoms with E-state index < -0.39 is 0 Å². The summed E-state index contributed by atoms with van der Waals surface area (Å²) in [7, 11) is 0. The first-order chi connectivity index (χ1) is 17.6. The molecular weight excluding hydrogens is 468 g/mol. The maximum absolute atomic E-state index is 13.8. The van der Waals surface area contributed by atoms with Crippen LogP contribution in [-0.4, -0.2) is 23.1 Å². The van der Waals surface area contributed by atoms with E-state index in [1.54, 1.807) is 35.6 Å². The van der Waals surface area contributed by atoms with Crippen LogP contribution in [0, 0.1) is 0 Å². The number of rotatable bonds is 7. The zero-order valence-corrected chi connectivity index (χ0v) is 21.1. The average Bonchev–Trinajstić information content (AvgIpc) is 3.66. The minimum atomic E-state index is -0.0491. The Labute approximate surface area is 215 Å². The molecule has 4 aromatic rings. The summed E-state index contributed by atoms with van der Waals surface area (Å²) >= 11 is 1.62. The van der Waals surface area contributed by atoms with Crippen molar-refractivity contribution in [3.05, 3.63) is 77.9 Å². The van der Waals surface area contributed by atoms with E-state index in [0.717, 1.165) is 57.7 Å². The molecule has 2 fully saturated rings. The van der Waals surface area contributed by atoms with Gasteiger partial charge in [0.05, 0.1) is 12.2 Å². The van der Waals surface area contributed by atoms with Gasteiger partial charge in [0.2, 0.25) is 0 Å². The maximum Gasteiger partial charge on any atom is 0.195 e. The van der Waals surface area contributed by atoms with Crippen LogP contribution in [0.5, 0.6) is 17.2 Å². The number of carbonyl (C=O) groups is 1. The molecule has 3 aromatic carbocycles. The van der Waals surface area contributed by atoms with Gasteiger partial charge in [0.25, 0.3) is 0 Å². The van der Waals surface area contributed by atoms with Crippen molar-refractivity contribution in [3.8, 4) is 27.7 Å². The Bertz CT molecular complexity index is 1360. The fraction of sp³-hybridized carbons (Fsp3) is 0.323. The summed E-state index contributed by atoms with van der Waals surface area (Å²) < 4.78 is 13.4. The molecule has 1 aromatic heterocycles. The number of phenols is 1. The third-order valence-electron chi connectivity index (χ3n) is 7.34. The smallest absolute Gasteiger partial charge is 0.195 e. The Morgan fingerprint density at radius 2 is 1.33 bits per heavy atom. The van der Waals surface area contributed by atoms with Crippen molar-refractivity contribution in [2.45, 2.75) is 63.6 Å². The summed E-state index contributed by atoms with van der Waals surface area (Å²) in [6.45, 7) is 0. The Morgan fingerprint density at radius 3 is 1.97 bits per heavy atom. The SMILES string of the molecule is O=C(c1ccc(O)cc1)c1c(-c2ccc(OC3CCCC3)cc2)sc2cc(OC3CCCC3)ccc12. The Kier molecular flexibility index (Phi) is 6.41. The molecule has 0 amide bonds. The highest BCUT2D eigenvalue weighted by Crippen LogP contribution is 2.42. The maximum atomic E-state index is 13.8. The molecule has 184 valence electrons. The van der Waals surface area contributed by atoms with E-state index in [-0.39, 0.29) is 17.6 Å². The van der Waals surface area contributed by atoms with Crippen LogP contribution < -0.4 is 9.47 Å². The number of hydrogen-bond donors (Lipinski definition) is 1. The first-order valence-electron chi connectivity index (χ1n) is 13.0. The summed E-state index contributed by atoms with van der Waals surface area (Å²) in [6, 6.07) is 20.7. The number of aromatic hydroxyl groups is 1. The Balaban J connectivity index is 1.38. The van der Waals surface area contributed by atoms with Gasteiger partial charge in [0.1, 0.15) is 17.2 Å². The lowest BCUT2D eigenvalue weighted by atomic mass is 9.97. The Morgan fingerprint density at radius 1 is 0.750 bits per heavy atom. The molecule has 0 atom stereocenters. The van der Waals surface area contributed by atoms with Crippen molar-refractivity contribution in [2.24, 2.45) is 0 Å². The number of benzene rings is 3. The predicted octanol–water partition coefficient (Wildman–Crippen LogP) is 8.15. The van der Waals surface area contributed by atoms with E-state index in [2.05, 4.69) is 18.2 Å². The highest BCUT2D eigenvalue weighted by Gasteiger charge is 2.23. The van der Waals surface area contributed by atoms with E-state index in [9.17, 15) is 9.90 Å². The van der Waals surface area contributed by atoms with Gasteiger partial charge < -0.3 is 14.6 Å². The number of ether oxygens (including phenoxy) is 2. The molecule has 6 rings (SSSR count). The molecule has 0 aliphatic heterocycles. The number of ketones is 1. The molecule has 1 N–H and O–H groups in total. The molecule has 2 saturated carbocycles. The van der Waals surface area contributed by atoms with Crippen molar-refractivity contribution in [1.29, 1.82) is 0 Å². The molecule has 0 radical (unpaired) electrons. The first kappa shape index (κ1) is 23.1. The van der Waals surface area contributed by atoms with Gasteiger partial charge in [0, 0.05) is 26.1 Å². The van der Waals surface area contributed by atoms with Crippen LogP contribution in [0.3, 0.4) is 0 Å². The molecule has 0 bridgehead atoms. The van der Waals surface area contributed by atoms with Crippen LogP contribution in [0.1, 0.15) is 67.3 Å². The summed E-state index contributed by atoms with van der Waals surface area (Å²) in [5.41, 5.74) is 2.24. The lowest BCUT2D eigenvalue weighted by Crippen LogP contribution is -2.10. The predicted molar refractivity (Wildman–Crippen MR) is 145 cm³/mol. The van der Waals surface area contributed by atoms with E-state index in [0.29, 0.717) is 17.2 Å². The van der Waals surface area contributed by atoms with Gasteiger partial charge in [-0.2, -0.15) is 0 Å². The topological polar surface area (TPSA) is 55.8 Å². The molecule has 36 heavy (non-hydrogen) atoms. The lowest BCUT2D eigenvalue weighted by molar-refractivity contribution is 0.104. The van der Waals surface area contributed by atoms with Crippen molar-refractivity contribution in [1.82, 2.24) is 0 Å². The van der Waals surface area contributed by atoms with Gasteiger partial charge in [0.15, 0.2) is 5.78 Å². The lowest BCUT2D eigenvalue weighted by Gasteiger charge is -2.13. The van der Waals surface area contributed by atoms with Gasteiger partial charge in [-0.3, -0.25) is 4.79 Å². The van der Waals surface area contributed by atoms with Crippen molar-refractivity contribution in [3.63, 3.8) is 0 Å². The normalized spacial score (nSPS) is 16.6. The summed E-state index contributed by atoms with van der Waals surface area (Å²) in [5, 5.41) is 10.6. The molecule has 5 heteroatoms. The first-order valence-corrected chi connectivity index (χ1v) is 13.8. The van der Waals surface area contributed by atoms with Crippen molar-refractivity contribution in [2.75, 3.05) is 0 Å². The third-order valence-corrected chi connectivity index (χ3v) is 8.55. The summed E-state index contributed by atoms with van der Waals surface area (Å²) in [6.07, 6.45) is 9.96. The molecule has 0 unspecified atom stereocenters. The minimum Gasteiger partial charge on any atom is -0.508 e. The molecule has 2 aliphatic carbocycles. The van der Waals surface area contributed by atoms with Crippen LogP contribution in [0.2, 0.25) is 0 Å². The van der Waals surface area contributed by atoms with E-state index in [1.165, 1.54) is 25.7 Å². The van der Waals surface area contributed by atoms with Crippen LogP contribution in [0.25, 0.3) is 20.5 Å². The molecule has 1 heterocycles. The Hall–Kier alpha value is -3.31. The number of phenolic OH excluding ortho intramolecular Hbond substituents is 1. The van der Waals surface area contributed by atoms with Crippen LogP contribution in [0.4, 0.5) is 0 Å². The number of carbonyl (C=O) groups excluding carboxylic acids is 1. The van der Waals surface area contributed by atoms with E-state index in [1.807, 2.05) is 24.3 Å². The number of hydrogen-bond acceptors (Lipinski definition) is 5. The van der Waals surface area contributed by atoms with Crippen molar-refractivity contribution >= 4 is 27.2 Å². The van der Waals surface area contributed by atoms with Crippen LogP contribution in [-0.2, 0) is 0 Å². The minimum absolute atomic E-state index is 0.0491. The second-order valence-electron chi connectivity index (χ2n) is 9.91. The zero-order valence-electron chi connectivity index (χ0n) is 20.2. The van der Waals surface area contributed by atoms with Gasteiger partial charge >= 0.3 is 0 Å². The van der Waals surface area contributed by atoms with E-state index >= 15 is 0 Å². The number of thiophene rings is 1. The monoisotopic (exact) mass is 498 g/mol. The van der Waals surface area contributed by atoms with Crippen LogP contribution >= 0.6 is 11.3 Å². The zero-order chi connectivity index (χ0) is 24.5. The molecule has 0 spiro atoms. The fourth-order valence-corrected chi connectivity index (χ4v) is 6.65.